The Bertz CT molecular complexity index is 141. The van der Waals surface area contributed by atoms with Crippen molar-refractivity contribution in [2.75, 3.05) is 13.1 Å². The Kier molecular flexibility index (Phi) is 5.46. The lowest BCUT2D eigenvalue weighted by atomic mass is 9.86. The van der Waals surface area contributed by atoms with Gasteiger partial charge in [0.15, 0.2) is 0 Å². The summed E-state index contributed by atoms with van der Waals surface area (Å²) >= 11 is 0. The Morgan fingerprint density at radius 3 is 2.50 bits per heavy atom. The molecular weight excluding hydrogens is 177 g/mol. The van der Waals surface area contributed by atoms with E-state index in [0.29, 0.717) is 6.54 Å². The molecule has 1 nitrogen and oxygen atoms in total. The zero-order valence-corrected chi connectivity index (χ0v) is 9.45. The van der Waals surface area contributed by atoms with E-state index in [4.69, 9.17) is 0 Å². The first-order valence-electron chi connectivity index (χ1n) is 6.16. The summed E-state index contributed by atoms with van der Waals surface area (Å²) in [6.45, 7) is 3.76. The molecule has 0 unspecified atom stereocenters. The molecule has 0 aromatic carbocycles. The lowest BCUT2D eigenvalue weighted by Gasteiger charge is -2.29. The molecule has 1 N–H and O–H groups in total. The van der Waals surface area contributed by atoms with Gasteiger partial charge in [0, 0.05) is 6.54 Å². The van der Waals surface area contributed by atoms with Crippen LogP contribution in [-0.2, 0) is 0 Å². The monoisotopic (exact) mass is 201 g/mol. The number of halogens is 1. The zero-order valence-electron chi connectivity index (χ0n) is 9.45. The first-order chi connectivity index (χ1) is 6.77. The highest BCUT2D eigenvalue weighted by molar-refractivity contribution is 4.84. The van der Waals surface area contributed by atoms with E-state index in [2.05, 4.69) is 12.2 Å². The summed E-state index contributed by atoms with van der Waals surface area (Å²) in [4.78, 5) is 0. The highest BCUT2D eigenvalue weighted by Crippen LogP contribution is 2.30. The molecule has 0 heterocycles. The first kappa shape index (κ1) is 12.0. The molecule has 1 fully saturated rings. The molecule has 0 spiro atoms. The van der Waals surface area contributed by atoms with Crippen LogP contribution in [0.15, 0.2) is 0 Å². The molecule has 0 bridgehead atoms. The van der Waals surface area contributed by atoms with Gasteiger partial charge in [-0.25, -0.2) is 4.39 Å². The summed E-state index contributed by atoms with van der Waals surface area (Å²) in [6, 6.07) is 0. The van der Waals surface area contributed by atoms with E-state index in [1.165, 1.54) is 25.7 Å². The Labute approximate surface area is 87.5 Å². The maximum atomic E-state index is 14.0. The lowest BCUT2D eigenvalue weighted by molar-refractivity contribution is 0.105. The second-order valence-corrected chi connectivity index (χ2v) is 4.60. The van der Waals surface area contributed by atoms with Crippen LogP contribution >= 0.6 is 0 Å². The van der Waals surface area contributed by atoms with Crippen LogP contribution in [0.1, 0.15) is 58.3 Å². The third-order valence-corrected chi connectivity index (χ3v) is 3.15. The zero-order chi connectivity index (χ0) is 10.3. The predicted molar refractivity (Wildman–Crippen MR) is 59.3 cm³/mol. The van der Waals surface area contributed by atoms with Crippen LogP contribution in [0.5, 0.6) is 0 Å². The fourth-order valence-electron chi connectivity index (χ4n) is 2.17. The van der Waals surface area contributed by atoms with E-state index in [0.717, 1.165) is 32.2 Å². The summed E-state index contributed by atoms with van der Waals surface area (Å²) < 4.78 is 14.0. The number of unbranched alkanes of at least 4 members (excludes halogenated alkanes) is 2. The summed E-state index contributed by atoms with van der Waals surface area (Å²) in [5.41, 5.74) is -0.884. The normalized spacial score (nSPS) is 21.0. The molecule has 0 atom stereocenters. The van der Waals surface area contributed by atoms with Crippen molar-refractivity contribution in [2.24, 2.45) is 0 Å². The molecule has 0 aliphatic heterocycles. The van der Waals surface area contributed by atoms with Gasteiger partial charge < -0.3 is 5.32 Å². The van der Waals surface area contributed by atoms with Crippen LogP contribution in [-0.4, -0.2) is 18.8 Å². The van der Waals surface area contributed by atoms with Crippen LogP contribution in [0.3, 0.4) is 0 Å². The maximum Gasteiger partial charge on any atom is 0.123 e. The van der Waals surface area contributed by atoms with Crippen molar-refractivity contribution < 1.29 is 4.39 Å². The predicted octanol–water partition coefficient (Wildman–Crippen LogP) is 3.44. The van der Waals surface area contributed by atoms with E-state index >= 15 is 0 Å². The summed E-state index contributed by atoms with van der Waals surface area (Å²) in [6.07, 6.45) is 8.60. The van der Waals surface area contributed by atoms with E-state index in [9.17, 15) is 4.39 Å². The van der Waals surface area contributed by atoms with Crippen molar-refractivity contribution in [3.05, 3.63) is 0 Å². The SMILES string of the molecule is CCCCCNCC1(F)CCCCC1. The minimum atomic E-state index is -0.884. The van der Waals surface area contributed by atoms with Crippen molar-refractivity contribution in [3.8, 4) is 0 Å². The largest absolute Gasteiger partial charge is 0.314 e. The number of rotatable bonds is 6. The van der Waals surface area contributed by atoms with Crippen LogP contribution in [0.2, 0.25) is 0 Å². The van der Waals surface area contributed by atoms with E-state index in [1.54, 1.807) is 0 Å². The molecular formula is C12H24FN. The van der Waals surface area contributed by atoms with Crippen LogP contribution in [0.25, 0.3) is 0 Å². The smallest absolute Gasteiger partial charge is 0.123 e. The van der Waals surface area contributed by atoms with Gasteiger partial charge in [-0.2, -0.15) is 0 Å². The van der Waals surface area contributed by atoms with Gasteiger partial charge in [0.25, 0.3) is 0 Å². The molecule has 1 rings (SSSR count). The van der Waals surface area contributed by atoms with Gasteiger partial charge in [0.05, 0.1) is 0 Å². The average Bonchev–Trinajstić information content (AvgIpc) is 2.18. The Morgan fingerprint density at radius 1 is 1.14 bits per heavy atom. The van der Waals surface area contributed by atoms with Crippen LogP contribution in [0, 0.1) is 0 Å². The van der Waals surface area contributed by atoms with Crippen molar-refractivity contribution in [2.45, 2.75) is 64.0 Å². The fraction of sp³-hybridized carbons (Fsp3) is 1.00. The highest BCUT2D eigenvalue weighted by Gasteiger charge is 2.30. The standard InChI is InChI=1S/C12H24FN/c1-2-3-7-10-14-11-12(13)8-5-4-6-9-12/h14H,2-11H2,1H3. The average molecular weight is 201 g/mol. The maximum absolute atomic E-state index is 14.0. The second-order valence-electron chi connectivity index (χ2n) is 4.60. The molecule has 1 saturated carbocycles. The van der Waals surface area contributed by atoms with Gasteiger partial charge in [-0.05, 0) is 25.8 Å². The van der Waals surface area contributed by atoms with Crippen LogP contribution < -0.4 is 5.32 Å². The topological polar surface area (TPSA) is 12.0 Å². The molecule has 0 amide bonds. The molecule has 0 radical (unpaired) electrons. The van der Waals surface area contributed by atoms with Gasteiger partial charge >= 0.3 is 0 Å². The van der Waals surface area contributed by atoms with Crippen molar-refractivity contribution >= 4 is 0 Å². The third-order valence-electron chi connectivity index (χ3n) is 3.15. The minimum absolute atomic E-state index is 0.580. The van der Waals surface area contributed by atoms with E-state index in [-0.39, 0.29) is 0 Å². The highest BCUT2D eigenvalue weighted by atomic mass is 19.1. The van der Waals surface area contributed by atoms with Crippen molar-refractivity contribution in [1.82, 2.24) is 5.32 Å². The molecule has 84 valence electrons. The second kappa shape index (κ2) is 6.39. The van der Waals surface area contributed by atoms with Gasteiger partial charge in [0.2, 0.25) is 0 Å². The third kappa shape index (κ3) is 4.41. The fourth-order valence-corrected chi connectivity index (χ4v) is 2.17. The number of hydrogen-bond donors (Lipinski definition) is 1. The van der Waals surface area contributed by atoms with Crippen LogP contribution in [0.4, 0.5) is 4.39 Å². The van der Waals surface area contributed by atoms with E-state index < -0.39 is 5.67 Å². The van der Waals surface area contributed by atoms with Gasteiger partial charge in [-0.1, -0.05) is 39.0 Å². The molecule has 0 saturated heterocycles. The van der Waals surface area contributed by atoms with Crippen molar-refractivity contribution in [1.29, 1.82) is 0 Å². The number of alkyl halides is 1. The molecule has 1 aliphatic carbocycles. The van der Waals surface area contributed by atoms with Crippen molar-refractivity contribution in [3.63, 3.8) is 0 Å². The Balaban J connectivity index is 2.03. The van der Waals surface area contributed by atoms with Gasteiger partial charge in [0.1, 0.15) is 5.67 Å². The lowest BCUT2D eigenvalue weighted by Crippen LogP contribution is -2.38. The summed E-state index contributed by atoms with van der Waals surface area (Å²) in [5.74, 6) is 0. The number of nitrogens with one attached hydrogen (secondary N) is 1. The molecule has 2 heteroatoms. The Morgan fingerprint density at radius 2 is 1.86 bits per heavy atom. The number of hydrogen-bond acceptors (Lipinski definition) is 1. The van der Waals surface area contributed by atoms with Gasteiger partial charge in [-0.3, -0.25) is 0 Å². The summed E-state index contributed by atoms with van der Waals surface area (Å²) in [5, 5.41) is 3.26. The molecule has 0 aromatic heterocycles. The Hall–Kier alpha value is -0.110. The quantitative estimate of drug-likeness (QED) is 0.649. The molecule has 1 aliphatic rings. The molecule has 14 heavy (non-hydrogen) atoms. The summed E-state index contributed by atoms with van der Waals surface area (Å²) in [7, 11) is 0. The minimum Gasteiger partial charge on any atom is -0.314 e. The first-order valence-corrected chi connectivity index (χ1v) is 6.16. The van der Waals surface area contributed by atoms with Gasteiger partial charge in [-0.15, -0.1) is 0 Å². The molecule has 0 aromatic rings. The van der Waals surface area contributed by atoms with E-state index in [1.807, 2.05) is 0 Å².